The summed E-state index contributed by atoms with van der Waals surface area (Å²) < 4.78 is 0. The first-order valence-electron chi connectivity index (χ1n) is 4.74. The van der Waals surface area contributed by atoms with Gasteiger partial charge in [0.25, 0.3) is 0 Å². The van der Waals surface area contributed by atoms with Crippen LogP contribution < -0.4 is 11.1 Å². The molecule has 0 spiro atoms. The maximum Gasteiger partial charge on any atom is 0.0956 e. The maximum atomic E-state index is 9.82. The molecule has 78 valence electrons. The van der Waals surface area contributed by atoms with Gasteiger partial charge in [-0.15, -0.1) is 0 Å². The molecule has 0 aliphatic rings. The van der Waals surface area contributed by atoms with Gasteiger partial charge in [0.05, 0.1) is 6.10 Å². The van der Waals surface area contributed by atoms with Crippen LogP contribution >= 0.6 is 0 Å². The molecule has 0 aliphatic heterocycles. The second kappa shape index (κ2) is 5.70. The molecule has 1 aromatic rings. The minimum atomic E-state index is -0.628. The third-order valence-electron chi connectivity index (χ3n) is 2.16. The summed E-state index contributed by atoms with van der Waals surface area (Å²) in [5.74, 6) is 0. The number of pyridine rings is 1. The predicted octanol–water partition coefficient (Wildman–Crippen LogP) is 0.0518. The fourth-order valence-corrected chi connectivity index (χ4v) is 1.27. The van der Waals surface area contributed by atoms with E-state index < -0.39 is 6.10 Å². The Morgan fingerprint density at radius 1 is 1.64 bits per heavy atom. The summed E-state index contributed by atoms with van der Waals surface area (Å²) in [6.45, 7) is 0.804. The number of aromatic nitrogens is 1. The Balaban J connectivity index is 2.52. The van der Waals surface area contributed by atoms with Crippen molar-refractivity contribution in [2.24, 2.45) is 5.73 Å². The standard InChI is InChI=1S/C10H17N3O/c1-12-6-4-9(11)10(14)8-3-2-5-13-7-8/h2-3,5,7,9-10,12,14H,4,6,11H2,1H3. The lowest BCUT2D eigenvalue weighted by atomic mass is 10.0. The van der Waals surface area contributed by atoms with Crippen LogP contribution in [0.3, 0.4) is 0 Å². The van der Waals surface area contributed by atoms with E-state index in [4.69, 9.17) is 5.73 Å². The summed E-state index contributed by atoms with van der Waals surface area (Å²) in [6, 6.07) is 3.38. The van der Waals surface area contributed by atoms with Crippen LogP contribution in [0.1, 0.15) is 18.1 Å². The average Bonchev–Trinajstić information content (AvgIpc) is 2.26. The lowest BCUT2D eigenvalue weighted by molar-refractivity contribution is 0.142. The molecule has 1 rings (SSSR count). The Morgan fingerprint density at radius 2 is 2.43 bits per heavy atom. The molecule has 0 fully saturated rings. The molecule has 0 aliphatic carbocycles. The predicted molar refractivity (Wildman–Crippen MR) is 55.7 cm³/mol. The van der Waals surface area contributed by atoms with Crippen LogP contribution in [0.4, 0.5) is 0 Å². The number of aliphatic hydroxyl groups excluding tert-OH is 1. The summed E-state index contributed by atoms with van der Waals surface area (Å²) in [7, 11) is 1.86. The van der Waals surface area contributed by atoms with Crippen molar-refractivity contribution < 1.29 is 5.11 Å². The van der Waals surface area contributed by atoms with Gasteiger partial charge in [-0.05, 0) is 26.1 Å². The molecule has 0 amide bonds. The number of nitrogens with two attached hydrogens (primary N) is 1. The maximum absolute atomic E-state index is 9.82. The molecule has 2 atom stereocenters. The molecule has 2 unspecified atom stereocenters. The second-order valence-corrected chi connectivity index (χ2v) is 3.29. The summed E-state index contributed by atoms with van der Waals surface area (Å²) in [5, 5.41) is 12.8. The molecule has 4 N–H and O–H groups in total. The topological polar surface area (TPSA) is 71.2 Å². The Bertz CT molecular complexity index is 253. The smallest absolute Gasteiger partial charge is 0.0956 e. The van der Waals surface area contributed by atoms with Crippen LogP contribution in [0.2, 0.25) is 0 Å². The van der Waals surface area contributed by atoms with E-state index in [1.807, 2.05) is 13.1 Å². The third kappa shape index (κ3) is 3.06. The Morgan fingerprint density at radius 3 is 3.00 bits per heavy atom. The number of nitrogens with one attached hydrogen (secondary N) is 1. The largest absolute Gasteiger partial charge is 0.387 e. The van der Waals surface area contributed by atoms with Crippen LogP contribution in [0.25, 0.3) is 0 Å². The summed E-state index contributed by atoms with van der Waals surface area (Å²) >= 11 is 0. The number of nitrogens with zero attached hydrogens (tertiary/aromatic N) is 1. The molecular weight excluding hydrogens is 178 g/mol. The van der Waals surface area contributed by atoms with Crippen LogP contribution in [0.5, 0.6) is 0 Å². The van der Waals surface area contributed by atoms with Crippen molar-refractivity contribution in [3.63, 3.8) is 0 Å². The molecule has 0 bridgehead atoms. The van der Waals surface area contributed by atoms with E-state index in [0.29, 0.717) is 0 Å². The quantitative estimate of drug-likeness (QED) is 0.621. The molecule has 14 heavy (non-hydrogen) atoms. The van der Waals surface area contributed by atoms with Crippen molar-refractivity contribution in [3.05, 3.63) is 30.1 Å². The zero-order valence-corrected chi connectivity index (χ0v) is 8.35. The van der Waals surface area contributed by atoms with Crippen molar-refractivity contribution in [1.29, 1.82) is 0 Å². The molecular formula is C10H17N3O. The molecule has 0 radical (unpaired) electrons. The normalized spacial score (nSPS) is 15.1. The minimum Gasteiger partial charge on any atom is -0.387 e. The van der Waals surface area contributed by atoms with E-state index in [-0.39, 0.29) is 6.04 Å². The second-order valence-electron chi connectivity index (χ2n) is 3.29. The van der Waals surface area contributed by atoms with Gasteiger partial charge in [-0.25, -0.2) is 0 Å². The van der Waals surface area contributed by atoms with Gasteiger partial charge in [0, 0.05) is 24.0 Å². The van der Waals surface area contributed by atoms with Gasteiger partial charge in [0.15, 0.2) is 0 Å². The number of hydrogen-bond acceptors (Lipinski definition) is 4. The van der Waals surface area contributed by atoms with E-state index in [1.54, 1.807) is 18.5 Å². The zero-order chi connectivity index (χ0) is 10.4. The molecule has 0 saturated carbocycles. The molecule has 4 heteroatoms. The third-order valence-corrected chi connectivity index (χ3v) is 2.16. The van der Waals surface area contributed by atoms with Crippen molar-refractivity contribution in [2.45, 2.75) is 18.6 Å². The van der Waals surface area contributed by atoms with Crippen LogP contribution in [0, 0.1) is 0 Å². The molecule has 1 heterocycles. The molecule has 0 saturated heterocycles. The first-order chi connectivity index (χ1) is 6.75. The van der Waals surface area contributed by atoms with Crippen molar-refractivity contribution in [2.75, 3.05) is 13.6 Å². The zero-order valence-electron chi connectivity index (χ0n) is 8.35. The van der Waals surface area contributed by atoms with Gasteiger partial charge in [0.1, 0.15) is 0 Å². The van der Waals surface area contributed by atoms with Crippen molar-refractivity contribution in [1.82, 2.24) is 10.3 Å². The van der Waals surface area contributed by atoms with Gasteiger partial charge in [0.2, 0.25) is 0 Å². The van der Waals surface area contributed by atoms with Crippen LogP contribution in [0.15, 0.2) is 24.5 Å². The van der Waals surface area contributed by atoms with Gasteiger partial charge in [-0.2, -0.15) is 0 Å². The first-order valence-corrected chi connectivity index (χ1v) is 4.74. The summed E-state index contributed by atoms with van der Waals surface area (Å²) in [6.07, 6.45) is 3.43. The Kier molecular flexibility index (Phi) is 4.52. The number of rotatable bonds is 5. The summed E-state index contributed by atoms with van der Waals surface area (Å²) in [5.41, 5.74) is 6.59. The lowest BCUT2D eigenvalue weighted by Crippen LogP contribution is -2.31. The van der Waals surface area contributed by atoms with E-state index in [1.165, 1.54) is 0 Å². The van der Waals surface area contributed by atoms with Crippen molar-refractivity contribution >= 4 is 0 Å². The fraction of sp³-hybridized carbons (Fsp3) is 0.500. The highest BCUT2D eigenvalue weighted by atomic mass is 16.3. The highest BCUT2D eigenvalue weighted by molar-refractivity contribution is 5.13. The fourth-order valence-electron chi connectivity index (χ4n) is 1.27. The highest BCUT2D eigenvalue weighted by Crippen LogP contribution is 2.15. The van der Waals surface area contributed by atoms with Gasteiger partial charge in [-0.3, -0.25) is 4.98 Å². The number of aliphatic hydroxyl groups is 1. The minimum absolute atomic E-state index is 0.244. The Hall–Kier alpha value is -0.970. The average molecular weight is 195 g/mol. The number of hydrogen-bond donors (Lipinski definition) is 3. The van der Waals surface area contributed by atoms with Gasteiger partial charge in [-0.1, -0.05) is 6.07 Å². The Labute approximate surface area is 84.2 Å². The van der Waals surface area contributed by atoms with E-state index >= 15 is 0 Å². The first kappa shape index (κ1) is 11.1. The molecule has 0 aromatic carbocycles. The molecule has 4 nitrogen and oxygen atoms in total. The lowest BCUT2D eigenvalue weighted by Gasteiger charge is -2.18. The summed E-state index contributed by atoms with van der Waals surface area (Å²) in [4.78, 5) is 3.94. The van der Waals surface area contributed by atoms with E-state index in [9.17, 15) is 5.11 Å². The SMILES string of the molecule is CNCCC(N)C(O)c1cccnc1. The van der Waals surface area contributed by atoms with Crippen LogP contribution in [-0.4, -0.2) is 29.7 Å². The highest BCUT2D eigenvalue weighted by Gasteiger charge is 2.15. The monoisotopic (exact) mass is 195 g/mol. The van der Waals surface area contributed by atoms with E-state index in [2.05, 4.69) is 10.3 Å². The van der Waals surface area contributed by atoms with Gasteiger partial charge < -0.3 is 16.2 Å². The van der Waals surface area contributed by atoms with Crippen LogP contribution in [-0.2, 0) is 0 Å². The van der Waals surface area contributed by atoms with Crippen molar-refractivity contribution in [3.8, 4) is 0 Å². The van der Waals surface area contributed by atoms with Gasteiger partial charge >= 0.3 is 0 Å². The van der Waals surface area contributed by atoms with E-state index in [0.717, 1.165) is 18.5 Å². The molecule has 1 aromatic heterocycles.